The van der Waals surface area contributed by atoms with Crippen molar-refractivity contribution in [2.75, 3.05) is 26.4 Å². The second kappa shape index (κ2) is 14.3. The Morgan fingerprint density at radius 2 is 1.11 bits per heavy atom. The maximum absolute atomic E-state index is 11.0. The summed E-state index contributed by atoms with van der Waals surface area (Å²) in [6, 6.07) is 22.3. The maximum Gasteiger partial charge on any atom is 0.330 e. The van der Waals surface area contributed by atoms with Gasteiger partial charge in [-0.05, 0) is 59.0 Å². The molecular weight excluding hydrogens is 468 g/mol. The summed E-state index contributed by atoms with van der Waals surface area (Å²) < 4.78 is 21.3. The lowest BCUT2D eigenvalue weighted by molar-refractivity contribution is -0.138. The zero-order valence-electron chi connectivity index (χ0n) is 21.1. The van der Waals surface area contributed by atoms with E-state index in [-0.39, 0.29) is 0 Å². The molecule has 0 aliphatic rings. The van der Waals surface area contributed by atoms with Gasteiger partial charge in [0.15, 0.2) is 0 Å². The van der Waals surface area contributed by atoms with Gasteiger partial charge in [0, 0.05) is 25.0 Å². The number of carbonyl (C=O) groups is 2. The molecule has 192 valence electrons. The molecule has 0 aliphatic carbocycles. The number of carbonyl (C=O) groups excluding carboxylic acids is 2. The van der Waals surface area contributed by atoms with Crippen LogP contribution in [-0.4, -0.2) is 38.4 Å². The molecule has 0 atom stereocenters. The highest BCUT2D eigenvalue weighted by Crippen LogP contribution is 2.30. The van der Waals surface area contributed by atoms with Gasteiger partial charge >= 0.3 is 11.9 Å². The summed E-state index contributed by atoms with van der Waals surface area (Å²) in [5.74, 6) is 0.698. The lowest BCUT2D eigenvalue weighted by Crippen LogP contribution is -2.06. The Kier molecular flexibility index (Phi) is 10.5. The van der Waals surface area contributed by atoms with Gasteiger partial charge in [-0.25, -0.2) is 9.59 Å². The minimum atomic E-state index is -0.422. The number of hydrogen-bond donors (Lipinski definition) is 0. The van der Waals surface area contributed by atoms with Crippen LogP contribution in [0.4, 0.5) is 0 Å². The molecule has 37 heavy (non-hydrogen) atoms. The van der Waals surface area contributed by atoms with E-state index in [1.54, 1.807) is 0 Å². The third-order valence-corrected chi connectivity index (χ3v) is 5.52. The van der Waals surface area contributed by atoms with Crippen LogP contribution >= 0.6 is 0 Å². The summed E-state index contributed by atoms with van der Waals surface area (Å²) >= 11 is 0. The van der Waals surface area contributed by atoms with Crippen LogP contribution in [0.1, 0.15) is 18.4 Å². The number of benzene rings is 3. The van der Waals surface area contributed by atoms with E-state index in [0.29, 0.717) is 39.3 Å². The van der Waals surface area contributed by atoms with Crippen molar-refractivity contribution in [3.63, 3.8) is 0 Å². The average molecular weight is 501 g/mol. The Bertz CT molecular complexity index is 1200. The molecule has 3 rings (SSSR count). The quantitative estimate of drug-likeness (QED) is 0.146. The monoisotopic (exact) mass is 500 g/mol. The van der Waals surface area contributed by atoms with Crippen LogP contribution in [0.15, 0.2) is 92.0 Å². The van der Waals surface area contributed by atoms with Crippen LogP contribution in [0.5, 0.6) is 11.5 Å². The Hall–Kier alpha value is -4.32. The molecule has 0 fully saturated rings. The number of aryl methyl sites for hydroxylation is 1. The van der Waals surface area contributed by atoms with Crippen LogP contribution in [0.3, 0.4) is 0 Å². The van der Waals surface area contributed by atoms with E-state index >= 15 is 0 Å². The molecule has 0 amide bonds. The van der Waals surface area contributed by atoms with Crippen molar-refractivity contribution in [2.24, 2.45) is 0 Å². The highest BCUT2D eigenvalue weighted by molar-refractivity contribution is 5.81. The van der Waals surface area contributed by atoms with Gasteiger partial charge in [-0.15, -0.1) is 0 Å². The number of esters is 2. The van der Waals surface area contributed by atoms with E-state index in [9.17, 15) is 9.59 Å². The summed E-state index contributed by atoms with van der Waals surface area (Å²) in [5, 5.41) is 0. The highest BCUT2D eigenvalue weighted by Gasteiger charge is 2.06. The number of ether oxygens (including phenoxy) is 4. The molecule has 3 aromatic rings. The fraction of sp³-hybridized carbons (Fsp3) is 0.226. The normalized spacial score (nSPS) is 10.3. The molecule has 0 heterocycles. The zero-order chi connectivity index (χ0) is 26.5. The molecule has 6 nitrogen and oxygen atoms in total. The standard InChI is InChI=1S/C31H32O6/c1-4-30(32)36-20-6-18-34-27-13-8-24(9-14-27)26-12-17-29(23(3)22-26)25-10-15-28(16-11-25)35-19-7-21-37-31(33)5-2/h4-5,8-17,22H,1-2,6-7,18-21H2,3H3. The predicted molar refractivity (Wildman–Crippen MR) is 145 cm³/mol. The second-order valence-electron chi connectivity index (χ2n) is 8.23. The Balaban J connectivity index is 1.51. The van der Waals surface area contributed by atoms with Crippen LogP contribution in [0, 0.1) is 6.92 Å². The summed E-state index contributed by atoms with van der Waals surface area (Å²) in [4.78, 5) is 22.1. The average Bonchev–Trinajstić information content (AvgIpc) is 2.93. The first-order valence-electron chi connectivity index (χ1n) is 12.2. The minimum Gasteiger partial charge on any atom is -0.493 e. The third kappa shape index (κ3) is 8.69. The third-order valence-electron chi connectivity index (χ3n) is 5.52. The molecule has 3 aromatic carbocycles. The molecule has 0 aliphatic heterocycles. The van der Waals surface area contributed by atoms with Crippen molar-refractivity contribution < 1.29 is 28.5 Å². The Morgan fingerprint density at radius 3 is 1.57 bits per heavy atom. The van der Waals surface area contributed by atoms with Crippen LogP contribution in [0.2, 0.25) is 0 Å². The predicted octanol–water partition coefficient (Wildman–Crippen LogP) is 6.33. The van der Waals surface area contributed by atoms with E-state index in [1.165, 1.54) is 5.56 Å². The summed E-state index contributed by atoms with van der Waals surface area (Å²) in [7, 11) is 0. The van der Waals surface area contributed by atoms with Crippen molar-refractivity contribution in [1.82, 2.24) is 0 Å². The van der Waals surface area contributed by atoms with Crippen molar-refractivity contribution >= 4 is 11.9 Å². The molecule has 0 aromatic heterocycles. The van der Waals surface area contributed by atoms with E-state index in [1.807, 2.05) is 48.5 Å². The molecule has 0 saturated carbocycles. The van der Waals surface area contributed by atoms with Crippen molar-refractivity contribution in [2.45, 2.75) is 19.8 Å². The number of rotatable bonds is 14. The molecule has 0 unspecified atom stereocenters. The van der Waals surface area contributed by atoms with Crippen molar-refractivity contribution in [3.8, 4) is 33.8 Å². The van der Waals surface area contributed by atoms with Crippen molar-refractivity contribution in [3.05, 3.63) is 97.6 Å². The topological polar surface area (TPSA) is 71.1 Å². The molecule has 0 N–H and O–H groups in total. The van der Waals surface area contributed by atoms with Crippen molar-refractivity contribution in [1.29, 1.82) is 0 Å². The molecule has 0 bridgehead atoms. The van der Waals surface area contributed by atoms with Gasteiger partial charge in [-0.2, -0.15) is 0 Å². The van der Waals surface area contributed by atoms with E-state index in [4.69, 9.17) is 18.9 Å². The van der Waals surface area contributed by atoms with Gasteiger partial charge < -0.3 is 18.9 Å². The zero-order valence-corrected chi connectivity index (χ0v) is 21.1. The fourth-order valence-electron chi connectivity index (χ4n) is 3.60. The largest absolute Gasteiger partial charge is 0.493 e. The Morgan fingerprint density at radius 1 is 0.649 bits per heavy atom. The lowest BCUT2D eigenvalue weighted by atomic mass is 9.96. The van der Waals surface area contributed by atoms with E-state index < -0.39 is 11.9 Å². The van der Waals surface area contributed by atoms with Gasteiger partial charge in [0.2, 0.25) is 0 Å². The summed E-state index contributed by atoms with van der Waals surface area (Å²) in [6.07, 6.45) is 3.53. The van der Waals surface area contributed by atoms with Gasteiger partial charge in [-0.1, -0.05) is 55.6 Å². The van der Waals surface area contributed by atoms with Crippen LogP contribution in [-0.2, 0) is 19.1 Å². The van der Waals surface area contributed by atoms with Gasteiger partial charge in [0.1, 0.15) is 11.5 Å². The first-order valence-corrected chi connectivity index (χ1v) is 12.2. The van der Waals surface area contributed by atoms with Gasteiger partial charge in [0.25, 0.3) is 0 Å². The van der Waals surface area contributed by atoms with E-state index in [2.05, 4.69) is 38.3 Å². The molecule has 0 saturated heterocycles. The molecule has 0 radical (unpaired) electrons. The van der Waals surface area contributed by atoms with Gasteiger partial charge in [0.05, 0.1) is 26.4 Å². The van der Waals surface area contributed by atoms with Gasteiger partial charge in [-0.3, -0.25) is 0 Å². The summed E-state index contributed by atoms with van der Waals surface area (Å²) in [5.41, 5.74) is 5.66. The highest BCUT2D eigenvalue weighted by atomic mass is 16.5. The molecular formula is C31H32O6. The first-order chi connectivity index (χ1) is 18.0. The molecule has 0 spiro atoms. The maximum atomic E-state index is 11.0. The minimum absolute atomic E-state index is 0.305. The fourth-order valence-corrected chi connectivity index (χ4v) is 3.60. The Labute approximate surface area is 218 Å². The summed E-state index contributed by atoms with van der Waals surface area (Å²) in [6.45, 7) is 10.4. The molecule has 6 heteroatoms. The lowest BCUT2D eigenvalue weighted by Gasteiger charge is -2.12. The number of hydrogen-bond acceptors (Lipinski definition) is 6. The first kappa shape index (κ1) is 27.3. The van der Waals surface area contributed by atoms with Crippen LogP contribution in [0.25, 0.3) is 22.3 Å². The van der Waals surface area contributed by atoms with E-state index in [0.717, 1.165) is 45.9 Å². The van der Waals surface area contributed by atoms with Crippen LogP contribution < -0.4 is 9.47 Å². The SMILES string of the molecule is C=CC(=O)OCCCOc1ccc(-c2ccc(-c3ccc(OCCCOC(=O)C=C)cc3)c(C)c2)cc1. The second-order valence-corrected chi connectivity index (χ2v) is 8.23. The smallest absolute Gasteiger partial charge is 0.330 e.